The Hall–Kier alpha value is -1.53. The summed E-state index contributed by atoms with van der Waals surface area (Å²) in [4.78, 5) is 0.136. The number of hydrogen-bond acceptors (Lipinski definition) is 4. The van der Waals surface area contributed by atoms with E-state index in [1.165, 1.54) is 23.5 Å². The first-order valence-electron chi connectivity index (χ1n) is 7.07. The van der Waals surface area contributed by atoms with Crippen LogP contribution in [0.1, 0.15) is 25.7 Å². The van der Waals surface area contributed by atoms with Crippen LogP contribution in [0.2, 0.25) is 0 Å². The van der Waals surface area contributed by atoms with E-state index in [1.54, 1.807) is 12.1 Å². The van der Waals surface area contributed by atoms with Gasteiger partial charge in [-0.15, -0.1) is 6.58 Å². The summed E-state index contributed by atoms with van der Waals surface area (Å²) < 4.78 is 32.4. The standard InChI is InChI=1S/C15H22N2O3S/c1-3-10-17(12-6-4-5-7-12)21(18,19)15-9-8-13(20-2)11-14(15)16/h3,8-9,11-12H,1,4-7,10,16H2,2H3. The molecule has 0 atom stereocenters. The van der Waals surface area contributed by atoms with Gasteiger partial charge in [-0.3, -0.25) is 0 Å². The minimum atomic E-state index is -3.62. The van der Waals surface area contributed by atoms with E-state index in [0.717, 1.165) is 25.7 Å². The zero-order valence-electron chi connectivity index (χ0n) is 12.3. The maximum Gasteiger partial charge on any atom is 0.245 e. The van der Waals surface area contributed by atoms with E-state index in [9.17, 15) is 8.42 Å². The molecule has 5 nitrogen and oxygen atoms in total. The van der Waals surface area contributed by atoms with Crippen LogP contribution in [0.4, 0.5) is 5.69 Å². The van der Waals surface area contributed by atoms with Crippen molar-refractivity contribution in [2.45, 2.75) is 36.6 Å². The normalized spacial score (nSPS) is 16.3. The summed E-state index contributed by atoms with van der Waals surface area (Å²) in [5.74, 6) is 0.544. The van der Waals surface area contributed by atoms with Gasteiger partial charge in [0.2, 0.25) is 10.0 Å². The molecule has 1 aliphatic carbocycles. The lowest BCUT2D eigenvalue weighted by Crippen LogP contribution is -2.39. The summed E-state index contributed by atoms with van der Waals surface area (Å²) >= 11 is 0. The van der Waals surface area contributed by atoms with Crippen LogP contribution in [0, 0.1) is 0 Å². The molecule has 2 N–H and O–H groups in total. The van der Waals surface area contributed by atoms with Crippen molar-refractivity contribution in [3.8, 4) is 5.75 Å². The van der Waals surface area contributed by atoms with E-state index in [2.05, 4.69) is 6.58 Å². The molecule has 0 aromatic heterocycles. The third kappa shape index (κ3) is 3.22. The molecule has 0 aliphatic heterocycles. The van der Waals surface area contributed by atoms with E-state index in [-0.39, 0.29) is 16.6 Å². The number of benzene rings is 1. The van der Waals surface area contributed by atoms with Gasteiger partial charge >= 0.3 is 0 Å². The number of sulfonamides is 1. The van der Waals surface area contributed by atoms with Crippen LogP contribution in [-0.4, -0.2) is 32.4 Å². The highest BCUT2D eigenvalue weighted by molar-refractivity contribution is 7.89. The number of nitrogens with zero attached hydrogens (tertiary/aromatic N) is 1. The van der Waals surface area contributed by atoms with Crippen LogP contribution in [0.5, 0.6) is 5.75 Å². The molecule has 116 valence electrons. The van der Waals surface area contributed by atoms with E-state index < -0.39 is 10.0 Å². The second-order valence-corrected chi connectivity index (χ2v) is 7.06. The number of hydrogen-bond donors (Lipinski definition) is 1. The Labute approximate surface area is 126 Å². The van der Waals surface area contributed by atoms with Crippen LogP contribution >= 0.6 is 0 Å². The van der Waals surface area contributed by atoms with Crippen molar-refractivity contribution in [1.82, 2.24) is 4.31 Å². The number of ether oxygens (including phenoxy) is 1. The first-order valence-corrected chi connectivity index (χ1v) is 8.51. The summed E-state index contributed by atoms with van der Waals surface area (Å²) in [7, 11) is -2.10. The first-order chi connectivity index (χ1) is 10.0. The van der Waals surface area contributed by atoms with Gasteiger partial charge in [0.1, 0.15) is 10.6 Å². The summed E-state index contributed by atoms with van der Waals surface area (Å²) in [6.07, 6.45) is 5.53. The lowest BCUT2D eigenvalue weighted by atomic mass is 10.2. The van der Waals surface area contributed by atoms with Crippen molar-refractivity contribution in [1.29, 1.82) is 0 Å². The maximum absolute atomic E-state index is 12.9. The molecule has 1 aliphatic rings. The van der Waals surface area contributed by atoms with Gasteiger partial charge in [-0.25, -0.2) is 8.42 Å². The van der Waals surface area contributed by atoms with Gasteiger partial charge in [-0.1, -0.05) is 18.9 Å². The highest BCUT2D eigenvalue weighted by Gasteiger charge is 2.33. The molecule has 1 aromatic rings. The van der Waals surface area contributed by atoms with Crippen LogP contribution < -0.4 is 10.5 Å². The van der Waals surface area contributed by atoms with E-state index >= 15 is 0 Å². The quantitative estimate of drug-likeness (QED) is 0.647. The molecule has 1 aromatic carbocycles. The summed E-state index contributed by atoms with van der Waals surface area (Å²) in [6.45, 7) is 3.98. The zero-order chi connectivity index (χ0) is 15.5. The SMILES string of the molecule is C=CCN(C1CCCC1)S(=O)(=O)c1ccc(OC)cc1N. The van der Waals surface area contributed by atoms with Crippen molar-refractivity contribution in [2.24, 2.45) is 0 Å². The molecule has 0 radical (unpaired) electrons. The molecule has 0 spiro atoms. The Morgan fingerprint density at radius 1 is 1.43 bits per heavy atom. The smallest absolute Gasteiger partial charge is 0.245 e. The van der Waals surface area contributed by atoms with E-state index in [0.29, 0.717) is 12.3 Å². The second kappa shape index (κ2) is 6.49. The Morgan fingerprint density at radius 3 is 2.62 bits per heavy atom. The van der Waals surface area contributed by atoms with Crippen molar-refractivity contribution in [2.75, 3.05) is 19.4 Å². The number of nitrogens with two attached hydrogens (primary N) is 1. The molecule has 0 bridgehead atoms. The molecular weight excluding hydrogens is 288 g/mol. The third-order valence-electron chi connectivity index (χ3n) is 3.84. The summed E-state index contributed by atoms with van der Waals surface area (Å²) in [5, 5.41) is 0. The number of rotatable bonds is 6. The van der Waals surface area contributed by atoms with Gasteiger partial charge in [0, 0.05) is 18.7 Å². The van der Waals surface area contributed by atoms with Gasteiger partial charge in [-0.2, -0.15) is 4.31 Å². The fourth-order valence-electron chi connectivity index (χ4n) is 2.78. The van der Waals surface area contributed by atoms with Gasteiger partial charge in [0.05, 0.1) is 12.8 Å². The second-order valence-electron chi connectivity index (χ2n) is 5.21. The Morgan fingerprint density at radius 2 is 2.10 bits per heavy atom. The summed E-state index contributed by atoms with van der Waals surface area (Å²) in [5.41, 5.74) is 6.11. The first kappa shape index (κ1) is 15.9. The van der Waals surface area contributed by atoms with E-state index in [1.807, 2.05) is 0 Å². The van der Waals surface area contributed by atoms with Crippen molar-refractivity contribution >= 4 is 15.7 Å². The molecule has 0 heterocycles. The summed E-state index contributed by atoms with van der Waals surface area (Å²) in [6, 6.07) is 4.70. The molecule has 0 unspecified atom stereocenters. The number of methoxy groups -OCH3 is 1. The largest absolute Gasteiger partial charge is 0.497 e. The average Bonchev–Trinajstić information content (AvgIpc) is 2.97. The van der Waals surface area contributed by atoms with Crippen LogP contribution in [0.3, 0.4) is 0 Å². The third-order valence-corrected chi connectivity index (χ3v) is 5.84. The predicted octanol–water partition coefficient (Wildman–Crippen LogP) is 2.40. The predicted molar refractivity (Wildman–Crippen MR) is 83.8 cm³/mol. The average molecular weight is 310 g/mol. The van der Waals surface area contributed by atoms with Gasteiger partial charge in [0.15, 0.2) is 0 Å². The van der Waals surface area contributed by atoms with Crippen LogP contribution in [0.15, 0.2) is 35.7 Å². The molecule has 1 fully saturated rings. The number of nitrogen functional groups attached to an aromatic ring is 1. The Kier molecular flexibility index (Phi) is 4.90. The fraction of sp³-hybridized carbons (Fsp3) is 0.467. The monoisotopic (exact) mass is 310 g/mol. The van der Waals surface area contributed by atoms with Crippen molar-refractivity contribution in [3.63, 3.8) is 0 Å². The lowest BCUT2D eigenvalue weighted by molar-refractivity contribution is 0.348. The molecule has 0 amide bonds. The minimum absolute atomic E-state index is 0.0366. The number of anilines is 1. The van der Waals surface area contributed by atoms with Gasteiger partial charge < -0.3 is 10.5 Å². The minimum Gasteiger partial charge on any atom is -0.497 e. The molecule has 21 heavy (non-hydrogen) atoms. The molecular formula is C15H22N2O3S. The zero-order valence-corrected chi connectivity index (χ0v) is 13.1. The molecule has 6 heteroatoms. The Bertz CT molecular complexity index is 607. The highest BCUT2D eigenvalue weighted by Crippen LogP contribution is 2.32. The molecule has 1 saturated carbocycles. The topological polar surface area (TPSA) is 72.6 Å². The lowest BCUT2D eigenvalue weighted by Gasteiger charge is -2.27. The maximum atomic E-state index is 12.9. The van der Waals surface area contributed by atoms with Gasteiger partial charge in [0.25, 0.3) is 0 Å². The van der Waals surface area contributed by atoms with Crippen LogP contribution in [0.25, 0.3) is 0 Å². The van der Waals surface area contributed by atoms with Crippen molar-refractivity contribution in [3.05, 3.63) is 30.9 Å². The van der Waals surface area contributed by atoms with Crippen LogP contribution in [-0.2, 0) is 10.0 Å². The van der Waals surface area contributed by atoms with Crippen molar-refractivity contribution < 1.29 is 13.2 Å². The Balaban J connectivity index is 2.40. The fourth-order valence-corrected chi connectivity index (χ4v) is 4.53. The molecule has 2 rings (SSSR count). The highest BCUT2D eigenvalue weighted by atomic mass is 32.2. The molecule has 0 saturated heterocycles. The van der Waals surface area contributed by atoms with E-state index in [4.69, 9.17) is 10.5 Å². The van der Waals surface area contributed by atoms with Gasteiger partial charge in [-0.05, 0) is 25.0 Å².